The van der Waals surface area contributed by atoms with Crippen LogP contribution in [0.5, 0.6) is 0 Å². The number of likely N-dealkylation sites (tertiary alicyclic amines) is 1. The van der Waals surface area contributed by atoms with Gasteiger partial charge in [-0.15, -0.1) is 0 Å². The maximum absolute atomic E-state index is 14.2. The van der Waals surface area contributed by atoms with E-state index in [4.69, 9.17) is 4.52 Å². The Morgan fingerprint density at radius 3 is 2.55 bits per heavy atom. The van der Waals surface area contributed by atoms with Gasteiger partial charge in [-0.05, 0) is 43.0 Å². The van der Waals surface area contributed by atoms with Crippen molar-refractivity contribution in [1.82, 2.24) is 15.0 Å². The SMILES string of the molecule is CC(C)(CC(=O)CC1(CC(=O)c2cc(-c3ccc(F)cc3F)on2)CN(CC2CCC2)C1)c1ccccn1. The number of carbonyl (C=O) groups is 2. The van der Waals surface area contributed by atoms with Crippen molar-refractivity contribution < 1.29 is 22.9 Å². The number of hydrogen-bond acceptors (Lipinski definition) is 6. The molecule has 3 heterocycles. The van der Waals surface area contributed by atoms with Crippen LogP contribution in [-0.2, 0) is 10.2 Å². The van der Waals surface area contributed by atoms with Gasteiger partial charge in [0.2, 0.25) is 0 Å². The van der Waals surface area contributed by atoms with E-state index in [0.717, 1.165) is 24.4 Å². The van der Waals surface area contributed by atoms with Gasteiger partial charge in [0.15, 0.2) is 11.5 Å². The molecular formula is C30H33F2N3O3. The zero-order valence-corrected chi connectivity index (χ0v) is 21.9. The number of pyridine rings is 1. The van der Waals surface area contributed by atoms with Crippen LogP contribution in [0.25, 0.3) is 11.3 Å². The fraction of sp³-hybridized carbons (Fsp3) is 0.467. The van der Waals surface area contributed by atoms with Gasteiger partial charge in [0.1, 0.15) is 23.1 Å². The molecule has 1 aliphatic heterocycles. The number of hydrogen-bond donors (Lipinski definition) is 0. The van der Waals surface area contributed by atoms with E-state index >= 15 is 0 Å². The van der Waals surface area contributed by atoms with E-state index in [0.29, 0.717) is 31.8 Å². The Morgan fingerprint density at radius 2 is 1.89 bits per heavy atom. The molecule has 0 unspecified atom stereocenters. The molecule has 200 valence electrons. The highest BCUT2D eigenvalue weighted by molar-refractivity contribution is 5.96. The lowest BCUT2D eigenvalue weighted by molar-refractivity contribution is -0.126. The smallest absolute Gasteiger partial charge is 0.185 e. The minimum atomic E-state index is -0.789. The molecule has 0 bridgehead atoms. The van der Waals surface area contributed by atoms with Crippen LogP contribution >= 0.6 is 0 Å². The van der Waals surface area contributed by atoms with Crippen molar-refractivity contribution in [2.75, 3.05) is 19.6 Å². The molecule has 38 heavy (non-hydrogen) atoms. The molecule has 3 aromatic rings. The van der Waals surface area contributed by atoms with Crippen LogP contribution in [0, 0.1) is 23.0 Å². The van der Waals surface area contributed by atoms with E-state index in [9.17, 15) is 18.4 Å². The molecule has 1 saturated heterocycles. The molecule has 0 amide bonds. The third kappa shape index (κ3) is 5.75. The Balaban J connectivity index is 1.29. The van der Waals surface area contributed by atoms with Gasteiger partial charge in [0.25, 0.3) is 0 Å². The van der Waals surface area contributed by atoms with Crippen molar-refractivity contribution in [2.24, 2.45) is 11.3 Å². The topological polar surface area (TPSA) is 76.3 Å². The molecule has 8 heteroatoms. The van der Waals surface area contributed by atoms with Crippen molar-refractivity contribution in [2.45, 2.75) is 57.8 Å². The minimum absolute atomic E-state index is 0.0370. The third-order valence-corrected chi connectivity index (χ3v) is 7.96. The second-order valence-electron chi connectivity index (χ2n) is 11.8. The summed E-state index contributed by atoms with van der Waals surface area (Å²) >= 11 is 0. The number of rotatable bonds is 11. The van der Waals surface area contributed by atoms with Crippen molar-refractivity contribution in [3.05, 3.63) is 71.7 Å². The lowest BCUT2D eigenvalue weighted by Gasteiger charge is -2.52. The number of Topliss-reactive ketones (excluding diaryl/α,β-unsaturated/α-hetero) is 2. The largest absolute Gasteiger partial charge is 0.355 e. The number of ketones is 2. The van der Waals surface area contributed by atoms with Gasteiger partial charge in [-0.1, -0.05) is 31.5 Å². The highest BCUT2D eigenvalue weighted by Crippen LogP contribution is 2.42. The van der Waals surface area contributed by atoms with Crippen LogP contribution < -0.4 is 0 Å². The molecular weight excluding hydrogens is 488 g/mol. The first-order chi connectivity index (χ1) is 18.1. The van der Waals surface area contributed by atoms with E-state index < -0.39 is 22.5 Å². The van der Waals surface area contributed by atoms with Gasteiger partial charge in [-0.2, -0.15) is 0 Å². The molecule has 5 rings (SSSR count). The van der Waals surface area contributed by atoms with Crippen molar-refractivity contribution in [1.29, 1.82) is 0 Å². The van der Waals surface area contributed by atoms with Gasteiger partial charge in [-0.3, -0.25) is 14.6 Å². The van der Waals surface area contributed by atoms with Crippen LogP contribution in [0.1, 0.15) is 68.6 Å². The van der Waals surface area contributed by atoms with Crippen LogP contribution in [0.3, 0.4) is 0 Å². The second-order valence-corrected chi connectivity index (χ2v) is 11.8. The lowest BCUT2D eigenvalue weighted by atomic mass is 9.69. The van der Waals surface area contributed by atoms with E-state index in [1.54, 1.807) is 6.20 Å². The summed E-state index contributed by atoms with van der Waals surface area (Å²) in [5.74, 6) is -0.868. The average molecular weight is 522 g/mol. The predicted octanol–water partition coefficient (Wildman–Crippen LogP) is 6.02. The summed E-state index contributed by atoms with van der Waals surface area (Å²) in [7, 11) is 0. The normalized spacial score (nSPS) is 17.6. The number of aromatic nitrogens is 2. The predicted molar refractivity (Wildman–Crippen MR) is 139 cm³/mol. The Bertz CT molecular complexity index is 1310. The van der Waals surface area contributed by atoms with Gasteiger partial charge in [0, 0.05) is 73.8 Å². The zero-order valence-electron chi connectivity index (χ0n) is 21.9. The number of halogens is 2. The van der Waals surface area contributed by atoms with Crippen molar-refractivity contribution in [3.8, 4) is 11.3 Å². The van der Waals surface area contributed by atoms with Crippen LogP contribution in [-0.4, -0.2) is 46.2 Å². The highest BCUT2D eigenvalue weighted by atomic mass is 19.1. The molecule has 0 atom stereocenters. The molecule has 0 spiro atoms. The molecule has 1 aliphatic carbocycles. The Labute approximate surface area is 221 Å². The molecule has 6 nitrogen and oxygen atoms in total. The van der Waals surface area contributed by atoms with Gasteiger partial charge in [0.05, 0.1) is 5.56 Å². The molecule has 2 fully saturated rings. The Kier molecular flexibility index (Phi) is 7.27. The van der Waals surface area contributed by atoms with Crippen LogP contribution in [0.15, 0.2) is 53.2 Å². The second kappa shape index (κ2) is 10.5. The van der Waals surface area contributed by atoms with Crippen molar-refractivity contribution in [3.63, 3.8) is 0 Å². The Hall–Kier alpha value is -3.26. The molecule has 1 saturated carbocycles. The fourth-order valence-corrected chi connectivity index (χ4v) is 5.84. The number of benzene rings is 1. The molecule has 2 aliphatic rings. The fourth-order valence-electron chi connectivity index (χ4n) is 5.84. The summed E-state index contributed by atoms with van der Waals surface area (Å²) < 4.78 is 32.7. The molecule has 2 aromatic heterocycles. The molecule has 0 radical (unpaired) electrons. The van der Waals surface area contributed by atoms with Crippen LogP contribution in [0.2, 0.25) is 0 Å². The van der Waals surface area contributed by atoms with Crippen LogP contribution in [0.4, 0.5) is 8.78 Å². The average Bonchev–Trinajstić information content (AvgIpc) is 3.30. The summed E-state index contributed by atoms with van der Waals surface area (Å²) in [4.78, 5) is 33.4. The lowest BCUT2D eigenvalue weighted by Crippen LogP contribution is -2.59. The maximum atomic E-state index is 14.2. The van der Waals surface area contributed by atoms with E-state index in [1.807, 2.05) is 32.0 Å². The Morgan fingerprint density at radius 1 is 1.11 bits per heavy atom. The first kappa shape index (κ1) is 26.4. The number of carbonyl (C=O) groups excluding carboxylic acids is 2. The summed E-state index contributed by atoms with van der Waals surface area (Å²) in [6, 6.07) is 10.2. The summed E-state index contributed by atoms with van der Waals surface area (Å²) in [6.45, 7) is 6.40. The highest BCUT2D eigenvalue weighted by Gasteiger charge is 2.47. The maximum Gasteiger partial charge on any atom is 0.185 e. The first-order valence-corrected chi connectivity index (χ1v) is 13.2. The van der Waals surface area contributed by atoms with Gasteiger partial charge >= 0.3 is 0 Å². The van der Waals surface area contributed by atoms with E-state index in [2.05, 4.69) is 15.0 Å². The number of nitrogens with zero attached hydrogens (tertiary/aromatic N) is 3. The van der Waals surface area contributed by atoms with Gasteiger partial charge in [-0.25, -0.2) is 8.78 Å². The molecule has 0 N–H and O–H groups in total. The third-order valence-electron chi connectivity index (χ3n) is 7.96. The first-order valence-electron chi connectivity index (χ1n) is 13.2. The monoisotopic (exact) mass is 521 g/mol. The van der Waals surface area contributed by atoms with Crippen molar-refractivity contribution >= 4 is 11.6 Å². The van der Waals surface area contributed by atoms with E-state index in [1.165, 1.54) is 31.4 Å². The summed E-state index contributed by atoms with van der Waals surface area (Å²) in [6.07, 6.45) is 6.26. The molecule has 1 aromatic carbocycles. The minimum Gasteiger partial charge on any atom is -0.355 e. The summed E-state index contributed by atoms with van der Waals surface area (Å²) in [5, 5.41) is 3.87. The standard InChI is InChI=1S/C30H33F2N3O3/c1-29(2,28-8-3-4-11-33-28)14-22(36)15-30(18-35(19-30)17-20-6-5-7-20)16-26(37)25-13-27(38-34-25)23-10-9-21(31)12-24(23)32/h3-4,8-13,20H,5-7,14-19H2,1-2H3. The summed E-state index contributed by atoms with van der Waals surface area (Å²) in [5.41, 5.74) is 0.0934. The van der Waals surface area contributed by atoms with Gasteiger partial charge < -0.3 is 9.42 Å². The quantitative estimate of drug-likeness (QED) is 0.287. The van der Waals surface area contributed by atoms with E-state index in [-0.39, 0.29) is 35.0 Å². The zero-order chi connectivity index (χ0) is 26.9.